The molecule has 5 rings (SSSR count). The van der Waals surface area contributed by atoms with E-state index < -0.39 is 0 Å². The molecule has 1 saturated heterocycles. The van der Waals surface area contributed by atoms with Gasteiger partial charge in [-0.25, -0.2) is 14.8 Å². The molecule has 3 aromatic heterocycles. The number of nitrogens with zero attached hydrogens (tertiary/aromatic N) is 6. The van der Waals surface area contributed by atoms with Crippen molar-refractivity contribution < 1.29 is 0 Å². The minimum absolute atomic E-state index is 0.216. The lowest BCUT2D eigenvalue weighted by Gasteiger charge is -2.34. The highest BCUT2D eigenvalue weighted by Crippen LogP contribution is 2.23. The van der Waals surface area contributed by atoms with Crippen LogP contribution < -0.4 is 16.1 Å². The Labute approximate surface area is 204 Å². The molecule has 8 nitrogen and oxygen atoms in total. The van der Waals surface area contributed by atoms with Crippen LogP contribution in [0.1, 0.15) is 18.4 Å². The summed E-state index contributed by atoms with van der Waals surface area (Å²) in [5.74, 6) is 0.785. The van der Waals surface area contributed by atoms with Gasteiger partial charge in [0, 0.05) is 51.3 Å². The van der Waals surface area contributed by atoms with Gasteiger partial charge in [-0.2, -0.15) is 0 Å². The third kappa shape index (κ3) is 4.74. The molecule has 8 heteroatoms. The number of pyridine rings is 1. The van der Waals surface area contributed by atoms with E-state index in [-0.39, 0.29) is 11.2 Å². The zero-order chi connectivity index (χ0) is 24.2. The second kappa shape index (κ2) is 10.2. The summed E-state index contributed by atoms with van der Waals surface area (Å²) in [6, 6.07) is 15.2. The SMILES string of the molecule is Cc1ccccc1-c1c(=O)n(CCCCN2CCN(c3ncccn3)CC2)c(=O)n2ccccc12. The molecule has 1 aliphatic heterocycles. The second-order valence-electron chi connectivity index (χ2n) is 8.97. The number of aryl methyl sites for hydroxylation is 1. The van der Waals surface area contributed by atoms with Gasteiger partial charge >= 0.3 is 5.69 Å². The zero-order valence-corrected chi connectivity index (χ0v) is 20.0. The number of anilines is 1. The van der Waals surface area contributed by atoms with Crippen LogP contribution >= 0.6 is 0 Å². The molecule has 0 amide bonds. The first-order valence-electron chi connectivity index (χ1n) is 12.2. The van der Waals surface area contributed by atoms with Crippen molar-refractivity contribution in [3.63, 3.8) is 0 Å². The van der Waals surface area contributed by atoms with Gasteiger partial charge in [0.05, 0.1) is 11.1 Å². The lowest BCUT2D eigenvalue weighted by molar-refractivity contribution is 0.250. The van der Waals surface area contributed by atoms with Gasteiger partial charge in [-0.3, -0.25) is 18.7 Å². The van der Waals surface area contributed by atoms with Gasteiger partial charge in [0.1, 0.15) is 0 Å². The van der Waals surface area contributed by atoms with E-state index >= 15 is 0 Å². The molecule has 180 valence electrons. The lowest BCUT2D eigenvalue weighted by atomic mass is 10.0. The van der Waals surface area contributed by atoms with Gasteiger partial charge in [0.15, 0.2) is 0 Å². The predicted octanol–water partition coefficient (Wildman–Crippen LogP) is 2.83. The number of aromatic nitrogens is 4. The first-order valence-corrected chi connectivity index (χ1v) is 12.2. The van der Waals surface area contributed by atoms with E-state index in [9.17, 15) is 9.59 Å². The number of fused-ring (bicyclic) bond motifs is 1. The topological polar surface area (TPSA) is 75.7 Å². The normalized spacial score (nSPS) is 14.5. The average molecular weight is 471 g/mol. The molecular formula is C27H30N6O2. The molecule has 0 saturated carbocycles. The second-order valence-corrected chi connectivity index (χ2v) is 8.97. The van der Waals surface area contributed by atoms with Crippen LogP contribution in [0.15, 0.2) is 76.7 Å². The maximum Gasteiger partial charge on any atom is 0.335 e. The standard InChI is InChI=1S/C27H30N6O2/c1-21-9-2-3-10-22(21)24-23-11-4-5-15-32(23)27(35)33(25(24)34)16-7-6-14-30-17-19-31(20-18-30)26-28-12-8-13-29-26/h2-5,8-13,15H,6-7,14,16-20H2,1H3. The van der Waals surface area contributed by atoms with Crippen molar-refractivity contribution >= 4 is 11.5 Å². The Balaban J connectivity index is 1.28. The Morgan fingerprint density at radius 3 is 2.31 bits per heavy atom. The van der Waals surface area contributed by atoms with Gasteiger partial charge in [-0.1, -0.05) is 30.3 Å². The number of rotatable bonds is 7. The number of hydrogen-bond donors (Lipinski definition) is 0. The van der Waals surface area contributed by atoms with Crippen LogP contribution in [-0.2, 0) is 6.54 Å². The molecule has 0 unspecified atom stereocenters. The Morgan fingerprint density at radius 2 is 1.54 bits per heavy atom. The minimum atomic E-state index is -0.278. The summed E-state index contributed by atoms with van der Waals surface area (Å²) >= 11 is 0. The van der Waals surface area contributed by atoms with E-state index in [1.54, 1.807) is 23.0 Å². The largest absolute Gasteiger partial charge is 0.338 e. The predicted molar refractivity (Wildman–Crippen MR) is 138 cm³/mol. The van der Waals surface area contributed by atoms with Crippen molar-refractivity contribution in [2.75, 3.05) is 37.6 Å². The summed E-state index contributed by atoms with van der Waals surface area (Å²) in [7, 11) is 0. The Hall–Kier alpha value is -3.78. The molecular weight excluding hydrogens is 440 g/mol. The number of piperazine rings is 1. The summed E-state index contributed by atoms with van der Waals surface area (Å²) in [5.41, 5.74) is 2.62. The van der Waals surface area contributed by atoms with Crippen LogP contribution in [0.5, 0.6) is 0 Å². The Bertz CT molecular complexity index is 1420. The molecule has 4 aromatic rings. The van der Waals surface area contributed by atoms with E-state index in [1.807, 2.05) is 55.5 Å². The molecule has 0 spiro atoms. The molecule has 1 fully saturated rings. The summed E-state index contributed by atoms with van der Waals surface area (Å²) in [6.45, 7) is 7.05. The summed E-state index contributed by atoms with van der Waals surface area (Å²) in [4.78, 5) is 40.0. The maximum absolute atomic E-state index is 13.5. The number of benzene rings is 1. The van der Waals surface area contributed by atoms with E-state index in [0.717, 1.165) is 62.6 Å². The van der Waals surface area contributed by atoms with Crippen LogP contribution in [0.2, 0.25) is 0 Å². The number of hydrogen-bond acceptors (Lipinski definition) is 6. The van der Waals surface area contributed by atoms with Crippen molar-refractivity contribution in [3.8, 4) is 11.1 Å². The highest BCUT2D eigenvalue weighted by atomic mass is 16.2. The monoisotopic (exact) mass is 470 g/mol. The van der Waals surface area contributed by atoms with Gasteiger partial charge < -0.3 is 4.90 Å². The third-order valence-corrected chi connectivity index (χ3v) is 6.74. The molecule has 0 atom stereocenters. The summed E-state index contributed by atoms with van der Waals surface area (Å²) in [5, 5.41) is 0. The van der Waals surface area contributed by atoms with Gasteiger partial charge in [0.2, 0.25) is 5.95 Å². The fourth-order valence-electron chi connectivity index (χ4n) is 4.81. The molecule has 35 heavy (non-hydrogen) atoms. The molecule has 0 bridgehead atoms. The average Bonchev–Trinajstić information content (AvgIpc) is 2.90. The van der Waals surface area contributed by atoms with Crippen molar-refractivity contribution in [3.05, 3.63) is 93.5 Å². The fraction of sp³-hybridized carbons (Fsp3) is 0.333. The van der Waals surface area contributed by atoms with E-state index in [1.165, 1.54) is 4.57 Å². The molecule has 0 radical (unpaired) electrons. The van der Waals surface area contributed by atoms with Gasteiger partial charge in [-0.15, -0.1) is 0 Å². The maximum atomic E-state index is 13.5. The van der Waals surface area contributed by atoms with Gasteiger partial charge in [0.25, 0.3) is 5.56 Å². The summed E-state index contributed by atoms with van der Waals surface area (Å²) < 4.78 is 2.99. The van der Waals surface area contributed by atoms with Crippen LogP contribution in [0.4, 0.5) is 5.95 Å². The molecule has 0 aliphatic carbocycles. The smallest absolute Gasteiger partial charge is 0.335 e. The Morgan fingerprint density at radius 1 is 0.829 bits per heavy atom. The van der Waals surface area contributed by atoms with Crippen LogP contribution in [0, 0.1) is 6.92 Å². The molecule has 1 aromatic carbocycles. The lowest BCUT2D eigenvalue weighted by Crippen LogP contribution is -2.47. The van der Waals surface area contributed by atoms with E-state index in [0.29, 0.717) is 17.6 Å². The van der Waals surface area contributed by atoms with Crippen LogP contribution in [-0.4, -0.2) is 56.6 Å². The first kappa shape index (κ1) is 23.0. The van der Waals surface area contributed by atoms with E-state index in [2.05, 4.69) is 19.8 Å². The highest BCUT2D eigenvalue weighted by molar-refractivity contribution is 5.81. The van der Waals surface area contributed by atoms with Crippen molar-refractivity contribution in [1.82, 2.24) is 23.8 Å². The van der Waals surface area contributed by atoms with Crippen LogP contribution in [0.3, 0.4) is 0 Å². The Kier molecular flexibility index (Phi) is 6.72. The molecule has 1 aliphatic rings. The molecule has 4 heterocycles. The number of unbranched alkanes of at least 4 members (excludes halogenated alkanes) is 1. The summed E-state index contributed by atoms with van der Waals surface area (Å²) in [6.07, 6.45) is 6.98. The van der Waals surface area contributed by atoms with Crippen molar-refractivity contribution in [2.24, 2.45) is 0 Å². The molecule has 0 N–H and O–H groups in total. The van der Waals surface area contributed by atoms with Crippen molar-refractivity contribution in [1.29, 1.82) is 0 Å². The zero-order valence-electron chi connectivity index (χ0n) is 20.0. The van der Waals surface area contributed by atoms with Crippen LogP contribution in [0.25, 0.3) is 16.6 Å². The highest BCUT2D eigenvalue weighted by Gasteiger charge is 2.19. The van der Waals surface area contributed by atoms with Crippen molar-refractivity contribution in [2.45, 2.75) is 26.3 Å². The minimum Gasteiger partial charge on any atom is -0.338 e. The third-order valence-electron chi connectivity index (χ3n) is 6.74. The quantitative estimate of drug-likeness (QED) is 0.387. The van der Waals surface area contributed by atoms with E-state index in [4.69, 9.17) is 0 Å². The fourth-order valence-corrected chi connectivity index (χ4v) is 4.81. The van der Waals surface area contributed by atoms with Gasteiger partial charge in [-0.05, 0) is 55.6 Å². The first-order chi connectivity index (χ1) is 17.1.